The van der Waals surface area contributed by atoms with Crippen LogP contribution in [0.2, 0.25) is 0 Å². The highest BCUT2D eigenvalue weighted by Gasteiger charge is 2.45. The number of nitrogens with zero attached hydrogens (tertiary/aromatic N) is 1. The van der Waals surface area contributed by atoms with E-state index in [4.69, 9.17) is 0 Å². The molecule has 3 heteroatoms. The van der Waals surface area contributed by atoms with Crippen LogP contribution >= 0.6 is 0 Å². The van der Waals surface area contributed by atoms with Crippen molar-refractivity contribution in [3.8, 4) is 11.1 Å². The number of nitrogens with one attached hydrogen (secondary N) is 1. The lowest BCUT2D eigenvalue weighted by Crippen LogP contribution is -2.39. The lowest BCUT2D eigenvalue weighted by Gasteiger charge is -2.23. The molecule has 2 aromatic carbocycles. The van der Waals surface area contributed by atoms with E-state index in [1.54, 1.807) is 0 Å². The monoisotopic (exact) mass is 331 g/mol. The molecule has 0 radical (unpaired) electrons. The normalized spacial score (nSPS) is 22.7. The zero-order chi connectivity index (χ0) is 16.8. The number of amides is 1. The Balaban J connectivity index is 1.70. The second-order valence-corrected chi connectivity index (χ2v) is 7.51. The highest BCUT2D eigenvalue weighted by molar-refractivity contribution is 6.22. The van der Waals surface area contributed by atoms with Gasteiger partial charge >= 0.3 is 0 Å². The quantitative estimate of drug-likeness (QED) is 0.674. The molecule has 0 spiro atoms. The Kier molecular flexibility index (Phi) is 3.47. The van der Waals surface area contributed by atoms with Gasteiger partial charge in [0.25, 0.3) is 5.91 Å². The van der Waals surface area contributed by atoms with Crippen LogP contribution < -0.4 is 5.43 Å². The van der Waals surface area contributed by atoms with Crippen molar-refractivity contribution in [1.29, 1.82) is 0 Å². The number of fused-ring (bicyclic) bond motifs is 3. The van der Waals surface area contributed by atoms with Crippen molar-refractivity contribution in [2.45, 2.75) is 44.6 Å². The molecule has 1 atom stereocenters. The first-order valence-corrected chi connectivity index (χ1v) is 9.48. The van der Waals surface area contributed by atoms with Gasteiger partial charge in [-0.05, 0) is 36.1 Å². The summed E-state index contributed by atoms with van der Waals surface area (Å²) in [7, 11) is 0. The third-order valence-corrected chi connectivity index (χ3v) is 6.06. The van der Waals surface area contributed by atoms with Gasteiger partial charge in [0.15, 0.2) is 6.04 Å². The molecular formula is C22H23N2O+. The van der Waals surface area contributed by atoms with E-state index in [2.05, 4.69) is 58.6 Å². The smallest absolute Gasteiger partial charge is 0.269 e. The van der Waals surface area contributed by atoms with Crippen molar-refractivity contribution in [3.63, 3.8) is 0 Å². The molecule has 1 saturated carbocycles. The van der Waals surface area contributed by atoms with E-state index in [1.165, 1.54) is 60.1 Å². The molecule has 1 aliphatic heterocycles. The van der Waals surface area contributed by atoms with Crippen LogP contribution in [0.15, 0.2) is 48.5 Å². The Morgan fingerprint density at radius 1 is 0.800 bits per heavy atom. The lowest BCUT2D eigenvalue weighted by molar-refractivity contribution is -0.600. The highest BCUT2D eigenvalue weighted by atomic mass is 16.2. The largest absolute Gasteiger partial charge is 0.281 e. The summed E-state index contributed by atoms with van der Waals surface area (Å²) < 4.78 is 2.21. The first-order chi connectivity index (χ1) is 12.3. The highest BCUT2D eigenvalue weighted by Crippen LogP contribution is 2.38. The Bertz CT molecular complexity index is 830. The van der Waals surface area contributed by atoms with Crippen LogP contribution in [0.3, 0.4) is 0 Å². The molecule has 2 aliphatic carbocycles. The van der Waals surface area contributed by atoms with Crippen molar-refractivity contribution in [3.05, 3.63) is 59.7 Å². The third kappa shape index (κ3) is 2.33. The summed E-state index contributed by atoms with van der Waals surface area (Å²) in [4.78, 5) is 12.3. The minimum Gasteiger partial charge on any atom is -0.269 e. The number of benzene rings is 2. The fourth-order valence-corrected chi connectivity index (χ4v) is 4.92. The van der Waals surface area contributed by atoms with Crippen molar-refractivity contribution in [1.82, 2.24) is 5.43 Å². The Hall–Kier alpha value is -2.42. The molecule has 5 rings (SSSR count). The molecule has 2 fully saturated rings. The predicted molar refractivity (Wildman–Crippen MR) is 98.5 cm³/mol. The standard InChI is InChI=1S/C22H22N2O/c25-21-14-20(15-8-2-1-3-9-15)24(23-21)22-18-12-6-4-10-16(18)17-11-5-7-13-19(17)22/h4-7,10-13,15,20H,1-3,8-9,14H2/p+1. The number of hydrazone groups is 1. The van der Waals surface area contributed by atoms with Gasteiger partial charge in [0.1, 0.15) is 0 Å². The van der Waals surface area contributed by atoms with E-state index in [9.17, 15) is 4.79 Å². The van der Waals surface area contributed by atoms with Gasteiger partial charge in [-0.3, -0.25) is 4.79 Å². The summed E-state index contributed by atoms with van der Waals surface area (Å²) >= 11 is 0. The average molecular weight is 331 g/mol. The molecule has 0 aromatic heterocycles. The van der Waals surface area contributed by atoms with Crippen LogP contribution in [0.5, 0.6) is 0 Å². The van der Waals surface area contributed by atoms with Crippen LogP contribution in [0.1, 0.15) is 49.7 Å². The Morgan fingerprint density at radius 3 is 1.96 bits per heavy atom. The van der Waals surface area contributed by atoms with Crippen LogP contribution in [0, 0.1) is 5.92 Å². The molecular weight excluding hydrogens is 308 g/mol. The first-order valence-electron chi connectivity index (χ1n) is 9.48. The summed E-state index contributed by atoms with van der Waals surface area (Å²) in [5, 5.41) is 0. The maximum Gasteiger partial charge on any atom is 0.281 e. The van der Waals surface area contributed by atoms with E-state index >= 15 is 0 Å². The van der Waals surface area contributed by atoms with E-state index in [0.29, 0.717) is 12.3 Å². The molecule has 1 N–H and O–H groups in total. The zero-order valence-electron chi connectivity index (χ0n) is 14.4. The predicted octanol–water partition coefficient (Wildman–Crippen LogP) is 3.90. The topological polar surface area (TPSA) is 32.1 Å². The molecule has 3 aliphatic rings. The van der Waals surface area contributed by atoms with Gasteiger partial charge < -0.3 is 0 Å². The van der Waals surface area contributed by atoms with Crippen molar-refractivity contribution in [2.24, 2.45) is 5.92 Å². The van der Waals surface area contributed by atoms with E-state index in [-0.39, 0.29) is 11.9 Å². The van der Waals surface area contributed by atoms with Crippen LogP contribution in [-0.2, 0) is 4.79 Å². The molecule has 1 amide bonds. The third-order valence-electron chi connectivity index (χ3n) is 6.06. The number of hydrazine groups is 1. The lowest BCUT2D eigenvalue weighted by atomic mass is 9.83. The molecule has 1 unspecified atom stereocenters. The van der Waals surface area contributed by atoms with Gasteiger partial charge in [-0.15, -0.1) is 10.1 Å². The Morgan fingerprint density at radius 2 is 1.36 bits per heavy atom. The summed E-state index contributed by atoms with van der Waals surface area (Å²) in [5.41, 5.74) is 9.40. The number of hydrogen-bond donors (Lipinski definition) is 1. The molecule has 3 nitrogen and oxygen atoms in total. The fraction of sp³-hybridized carbons (Fsp3) is 0.364. The fourth-order valence-electron chi connectivity index (χ4n) is 4.92. The van der Waals surface area contributed by atoms with Crippen LogP contribution in [-0.4, -0.2) is 22.3 Å². The van der Waals surface area contributed by atoms with E-state index < -0.39 is 0 Å². The van der Waals surface area contributed by atoms with Crippen molar-refractivity contribution >= 4 is 11.6 Å². The van der Waals surface area contributed by atoms with Gasteiger partial charge in [0.05, 0.1) is 17.5 Å². The molecule has 2 aromatic rings. The average Bonchev–Trinajstić information content (AvgIpc) is 3.20. The maximum atomic E-state index is 12.3. The minimum absolute atomic E-state index is 0.157. The number of carbonyl (C=O) groups excluding carboxylic acids is 1. The van der Waals surface area contributed by atoms with E-state index in [1.807, 2.05) is 0 Å². The van der Waals surface area contributed by atoms with Crippen molar-refractivity contribution in [2.75, 3.05) is 0 Å². The SMILES string of the molecule is O=C1CC(C2CCCCC2)[N+](=C2c3ccccc3-c3ccccc32)N1. The Labute approximate surface area is 148 Å². The first kappa shape index (κ1) is 14.9. The second-order valence-electron chi connectivity index (χ2n) is 7.51. The molecule has 25 heavy (non-hydrogen) atoms. The van der Waals surface area contributed by atoms with Gasteiger partial charge in [0.2, 0.25) is 5.71 Å². The van der Waals surface area contributed by atoms with Crippen LogP contribution in [0.4, 0.5) is 0 Å². The maximum absolute atomic E-state index is 12.3. The summed E-state index contributed by atoms with van der Waals surface area (Å²) in [6.45, 7) is 0. The molecule has 1 heterocycles. The summed E-state index contributed by atoms with van der Waals surface area (Å²) in [5.74, 6) is 0.769. The van der Waals surface area contributed by atoms with Gasteiger partial charge in [-0.2, -0.15) is 0 Å². The molecule has 1 saturated heterocycles. The number of hydrogen-bond acceptors (Lipinski definition) is 1. The second kappa shape index (κ2) is 5.83. The number of carbonyl (C=O) groups is 1. The van der Waals surface area contributed by atoms with Crippen molar-refractivity contribution < 1.29 is 9.48 Å². The molecule has 126 valence electrons. The van der Waals surface area contributed by atoms with Gasteiger partial charge in [0, 0.05) is 5.92 Å². The summed E-state index contributed by atoms with van der Waals surface area (Å²) in [6.07, 6.45) is 7.04. The zero-order valence-corrected chi connectivity index (χ0v) is 14.4. The van der Waals surface area contributed by atoms with Gasteiger partial charge in [-0.25, -0.2) is 0 Å². The van der Waals surface area contributed by atoms with Gasteiger partial charge in [-0.1, -0.05) is 55.7 Å². The number of rotatable bonds is 1. The minimum atomic E-state index is 0.157. The summed E-state index contributed by atoms with van der Waals surface area (Å²) in [6, 6.07) is 17.4. The van der Waals surface area contributed by atoms with E-state index in [0.717, 1.165) is 0 Å². The molecule has 0 bridgehead atoms. The van der Waals surface area contributed by atoms with Crippen LogP contribution in [0.25, 0.3) is 11.1 Å².